The van der Waals surface area contributed by atoms with Crippen molar-refractivity contribution < 1.29 is 5.11 Å². The average Bonchev–Trinajstić information content (AvgIpc) is 1.80. The van der Waals surface area contributed by atoms with Gasteiger partial charge in [0.15, 0.2) is 0 Å². The van der Waals surface area contributed by atoms with Crippen molar-refractivity contribution in [3.63, 3.8) is 0 Å². The molecule has 0 bridgehead atoms. The first-order valence-electron chi connectivity index (χ1n) is 2.69. The number of rotatable bonds is 0. The maximum atomic E-state index is 8.72. The van der Waals surface area contributed by atoms with Crippen molar-refractivity contribution in [2.75, 3.05) is 0 Å². The third kappa shape index (κ3) is 1.16. The monoisotopic (exact) mass is 124 g/mol. The lowest BCUT2D eigenvalue weighted by Gasteiger charge is -1.95. The van der Waals surface area contributed by atoms with Crippen molar-refractivity contribution in [1.29, 1.82) is 0 Å². The molecule has 1 heterocycles. The molecule has 0 fully saturated rings. The first kappa shape index (κ1) is 6.01. The second-order valence-electron chi connectivity index (χ2n) is 1.94. The number of aromatic hydroxyl groups is 1. The van der Waals surface area contributed by atoms with Crippen LogP contribution in [0.15, 0.2) is 6.20 Å². The summed E-state index contributed by atoms with van der Waals surface area (Å²) < 4.78 is 0. The molecule has 0 aliphatic rings. The predicted octanol–water partition coefficient (Wildman–Crippen LogP) is 0.799. The molecule has 48 valence electrons. The van der Waals surface area contributed by atoms with Crippen LogP contribution < -0.4 is 0 Å². The third-order valence-corrected chi connectivity index (χ3v) is 1.21. The van der Waals surface area contributed by atoms with Crippen molar-refractivity contribution in [3.05, 3.63) is 17.5 Å². The van der Waals surface area contributed by atoms with Gasteiger partial charge in [-0.1, -0.05) is 0 Å². The highest BCUT2D eigenvalue weighted by Crippen LogP contribution is 2.03. The Morgan fingerprint density at radius 3 is 2.56 bits per heavy atom. The zero-order chi connectivity index (χ0) is 6.85. The van der Waals surface area contributed by atoms with E-state index in [2.05, 4.69) is 9.97 Å². The van der Waals surface area contributed by atoms with E-state index >= 15 is 0 Å². The molecule has 3 nitrogen and oxygen atoms in total. The SMILES string of the molecule is Cc1cnc(O)nc1C. The Labute approximate surface area is 53.4 Å². The maximum Gasteiger partial charge on any atom is 0.314 e. The highest BCUT2D eigenvalue weighted by atomic mass is 16.3. The van der Waals surface area contributed by atoms with E-state index in [-0.39, 0.29) is 6.01 Å². The Balaban J connectivity index is 3.17. The topological polar surface area (TPSA) is 46.0 Å². The first-order chi connectivity index (χ1) is 4.20. The summed E-state index contributed by atoms with van der Waals surface area (Å²) in [7, 11) is 0. The van der Waals surface area contributed by atoms with Gasteiger partial charge in [0.25, 0.3) is 0 Å². The average molecular weight is 124 g/mol. The Kier molecular flexibility index (Phi) is 1.34. The molecule has 0 atom stereocenters. The fourth-order valence-corrected chi connectivity index (χ4v) is 0.515. The van der Waals surface area contributed by atoms with Crippen LogP contribution in [0.2, 0.25) is 0 Å². The molecular formula is C6H8N2O. The zero-order valence-corrected chi connectivity index (χ0v) is 5.42. The molecule has 0 aliphatic heterocycles. The van der Waals surface area contributed by atoms with Crippen LogP contribution in [-0.2, 0) is 0 Å². The number of hydrogen-bond donors (Lipinski definition) is 1. The van der Waals surface area contributed by atoms with Gasteiger partial charge in [-0.3, -0.25) is 0 Å². The minimum absolute atomic E-state index is 0.155. The molecule has 0 aliphatic carbocycles. The van der Waals surface area contributed by atoms with Crippen molar-refractivity contribution in [1.82, 2.24) is 9.97 Å². The van der Waals surface area contributed by atoms with Crippen molar-refractivity contribution in [2.24, 2.45) is 0 Å². The minimum atomic E-state index is -0.155. The molecular weight excluding hydrogens is 116 g/mol. The van der Waals surface area contributed by atoms with Crippen LogP contribution in [0.3, 0.4) is 0 Å². The van der Waals surface area contributed by atoms with Gasteiger partial charge >= 0.3 is 6.01 Å². The molecule has 1 aromatic rings. The summed E-state index contributed by atoms with van der Waals surface area (Å²) in [5.74, 6) is 0. The van der Waals surface area contributed by atoms with E-state index in [1.54, 1.807) is 6.20 Å². The summed E-state index contributed by atoms with van der Waals surface area (Å²) in [5.41, 5.74) is 1.82. The van der Waals surface area contributed by atoms with Crippen LogP contribution >= 0.6 is 0 Å². The highest BCUT2D eigenvalue weighted by molar-refractivity contribution is 5.14. The van der Waals surface area contributed by atoms with Crippen molar-refractivity contribution in [3.8, 4) is 6.01 Å². The maximum absolute atomic E-state index is 8.72. The Hall–Kier alpha value is -1.12. The summed E-state index contributed by atoms with van der Waals surface area (Å²) in [4.78, 5) is 7.30. The van der Waals surface area contributed by atoms with E-state index in [9.17, 15) is 0 Å². The number of aryl methyl sites for hydroxylation is 2. The molecule has 0 saturated carbocycles. The van der Waals surface area contributed by atoms with Crippen LogP contribution in [0, 0.1) is 13.8 Å². The van der Waals surface area contributed by atoms with Gasteiger partial charge in [0.05, 0.1) is 0 Å². The van der Waals surface area contributed by atoms with Gasteiger partial charge in [0, 0.05) is 11.9 Å². The second-order valence-corrected chi connectivity index (χ2v) is 1.94. The summed E-state index contributed by atoms with van der Waals surface area (Å²) >= 11 is 0. The molecule has 9 heavy (non-hydrogen) atoms. The Bertz CT molecular complexity index is 222. The Morgan fingerprint density at radius 1 is 1.44 bits per heavy atom. The molecule has 0 unspecified atom stereocenters. The van der Waals surface area contributed by atoms with E-state index in [0.717, 1.165) is 11.3 Å². The van der Waals surface area contributed by atoms with E-state index in [1.807, 2.05) is 13.8 Å². The van der Waals surface area contributed by atoms with Gasteiger partial charge in [0.2, 0.25) is 0 Å². The van der Waals surface area contributed by atoms with Gasteiger partial charge in [-0.15, -0.1) is 0 Å². The predicted molar refractivity (Wildman–Crippen MR) is 33.2 cm³/mol. The van der Waals surface area contributed by atoms with Gasteiger partial charge in [0.1, 0.15) is 0 Å². The van der Waals surface area contributed by atoms with Gasteiger partial charge in [-0.2, -0.15) is 0 Å². The summed E-state index contributed by atoms with van der Waals surface area (Å²) in [5, 5.41) is 8.72. The highest BCUT2D eigenvalue weighted by Gasteiger charge is 1.94. The van der Waals surface area contributed by atoms with Gasteiger partial charge < -0.3 is 5.11 Å². The quantitative estimate of drug-likeness (QED) is 0.556. The summed E-state index contributed by atoms with van der Waals surface area (Å²) in [6.45, 7) is 3.73. The molecule has 3 heteroatoms. The first-order valence-corrected chi connectivity index (χ1v) is 2.69. The Morgan fingerprint density at radius 2 is 2.11 bits per heavy atom. The number of nitrogens with zero attached hydrogens (tertiary/aromatic N) is 2. The van der Waals surface area contributed by atoms with Crippen molar-refractivity contribution >= 4 is 0 Å². The third-order valence-electron chi connectivity index (χ3n) is 1.21. The van der Waals surface area contributed by atoms with E-state index in [4.69, 9.17) is 5.11 Å². The summed E-state index contributed by atoms with van der Waals surface area (Å²) in [6, 6.07) is -0.155. The lowest BCUT2D eigenvalue weighted by atomic mass is 10.3. The number of aromatic nitrogens is 2. The van der Waals surface area contributed by atoms with Gasteiger partial charge in [-0.25, -0.2) is 9.97 Å². The number of hydrogen-bond acceptors (Lipinski definition) is 3. The molecule has 1 N–H and O–H groups in total. The van der Waals surface area contributed by atoms with E-state index in [0.29, 0.717) is 0 Å². The van der Waals surface area contributed by atoms with E-state index < -0.39 is 0 Å². The normalized spacial score (nSPS) is 9.56. The molecule has 0 saturated heterocycles. The largest absolute Gasteiger partial charge is 0.479 e. The zero-order valence-electron chi connectivity index (χ0n) is 5.42. The standard InChI is InChI=1S/C6H8N2O/c1-4-3-7-6(9)8-5(4)2/h3H,1-2H3,(H,7,8,9). The van der Waals surface area contributed by atoms with Crippen LogP contribution in [-0.4, -0.2) is 15.1 Å². The molecule has 1 rings (SSSR count). The van der Waals surface area contributed by atoms with Crippen molar-refractivity contribution in [2.45, 2.75) is 13.8 Å². The minimum Gasteiger partial charge on any atom is -0.479 e. The van der Waals surface area contributed by atoms with E-state index in [1.165, 1.54) is 0 Å². The summed E-state index contributed by atoms with van der Waals surface area (Å²) in [6.07, 6.45) is 1.59. The van der Waals surface area contributed by atoms with Crippen LogP contribution in [0.25, 0.3) is 0 Å². The molecule has 0 radical (unpaired) electrons. The fraction of sp³-hybridized carbons (Fsp3) is 0.333. The molecule has 0 aromatic carbocycles. The second kappa shape index (κ2) is 2.01. The van der Waals surface area contributed by atoms with Crippen LogP contribution in [0.4, 0.5) is 0 Å². The lowest BCUT2D eigenvalue weighted by molar-refractivity contribution is 0.428. The molecule has 0 amide bonds. The fourth-order valence-electron chi connectivity index (χ4n) is 0.515. The van der Waals surface area contributed by atoms with Gasteiger partial charge in [-0.05, 0) is 19.4 Å². The van der Waals surface area contributed by atoms with Crippen LogP contribution in [0.1, 0.15) is 11.3 Å². The molecule has 1 aromatic heterocycles. The lowest BCUT2D eigenvalue weighted by Crippen LogP contribution is -1.87. The van der Waals surface area contributed by atoms with Crippen LogP contribution in [0.5, 0.6) is 6.01 Å². The molecule has 0 spiro atoms. The smallest absolute Gasteiger partial charge is 0.314 e.